The fraction of sp³-hybridized carbons (Fsp3) is 0.400. The lowest BCUT2D eigenvalue weighted by Crippen LogP contribution is -2.39. The van der Waals surface area contributed by atoms with Crippen molar-refractivity contribution in [1.29, 1.82) is 5.26 Å². The van der Waals surface area contributed by atoms with Gasteiger partial charge in [0, 0.05) is 12.3 Å². The number of hydrogen-bond donors (Lipinski definition) is 1. The van der Waals surface area contributed by atoms with E-state index in [2.05, 4.69) is 4.99 Å². The zero-order chi connectivity index (χ0) is 18.1. The quantitative estimate of drug-likeness (QED) is 0.903. The number of rotatable bonds is 3. The molecular formula is C15H15F3N4OS. The number of carbonyl (C=O) groups excluding carboxylic acids is 1. The molecule has 0 aliphatic carbocycles. The summed E-state index contributed by atoms with van der Waals surface area (Å²) in [5, 5.41) is 9.17. The highest BCUT2D eigenvalue weighted by Crippen LogP contribution is 2.37. The number of nitrogens with two attached hydrogens (primary N) is 1. The molecule has 2 rings (SSSR count). The van der Waals surface area contributed by atoms with E-state index in [0.717, 1.165) is 17.0 Å². The van der Waals surface area contributed by atoms with Gasteiger partial charge < -0.3 is 5.73 Å². The van der Waals surface area contributed by atoms with E-state index in [-0.39, 0.29) is 5.69 Å². The van der Waals surface area contributed by atoms with Crippen molar-refractivity contribution in [2.75, 3.05) is 17.2 Å². The standard InChI is InChI=1S/C15H15F3N4OS/c1-14(2)12(23)22(13(21-14)24-6-5-19)10-4-3-9(8-20)11(7-10)15(16,17)18/h3-4,7H,5-6,19H2,1-2H3. The number of nitrogens with zero attached hydrogens (tertiary/aromatic N) is 3. The maximum atomic E-state index is 13.1. The molecule has 24 heavy (non-hydrogen) atoms. The minimum Gasteiger partial charge on any atom is -0.330 e. The highest BCUT2D eigenvalue weighted by atomic mass is 32.2. The van der Waals surface area contributed by atoms with E-state index in [4.69, 9.17) is 11.0 Å². The van der Waals surface area contributed by atoms with Crippen molar-refractivity contribution in [3.8, 4) is 6.07 Å². The van der Waals surface area contributed by atoms with Gasteiger partial charge in [-0.15, -0.1) is 0 Å². The first-order valence-electron chi connectivity index (χ1n) is 7.00. The summed E-state index contributed by atoms with van der Waals surface area (Å²) in [5.74, 6) is 0.0426. The second-order valence-electron chi connectivity index (χ2n) is 5.57. The van der Waals surface area contributed by atoms with Crippen LogP contribution >= 0.6 is 11.8 Å². The van der Waals surface area contributed by atoms with Crippen LogP contribution in [0.4, 0.5) is 18.9 Å². The molecule has 5 nitrogen and oxygen atoms in total. The average molecular weight is 356 g/mol. The second kappa shape index (κ2) is 6.45. The number of alkyl halides is 3. The van der Waals surface area contributed by atoms with E-state index in [1.165, 1.54) is 23.9 Å². The molecule has 1 aliphatic rings. The third kappa shape index (κ3) is 3.39. The molecule has 9 heteroatoms. The molecule has 2 N–H and O–H groups in total. The number of aliphatic imine (C=N–C) groups is 1. The minimum atomic E-state index is -4.69. The van der Waals surface area contributed by atoms with Crippen LogP contribution in [-0.2, 0) is 11.0 Å². The van der Waals surface area contributed by atoms with Crippen molar-refractivity contribution in [2.24, 2.45) is 10.7 Å². The lowest BCUT2D eigenvalue weighted by molar-refractivity contribution is -0.137. The van der Waals surface area contributed by atoms with Crippen molar-refractivity contribution in [3.63, 3.8) is 0 Å². The van der Waals surface area contributed by atoms with Gasteiger partial charge in [0.05, 0.1) is 22.9 Å². The van der Waals surface area contributed by atoms with Gasteiger partial charge in [-0.2, -0.15) is 18.4 Å². The molecular weight excluding hydrogens is 341 g/mol. The van der Waals surface area contributed by atoms with Gasteiger partial charge in [-0.3, -0.25) is 9.69 Å². The minimum absolute atomic E-state index is 0.0279. The Morgan fingerprint density at radius 2 is 2.08 bits per heavy atom. The van der Waals surface area contributed by atoms with Crippen LogP contribution in [0.3, 0.4) is 0 Å². The smallest absolute Gasteiger partial charge is 0.330 e. The summed E-state index contributed by atoms with van der Waals surface area (Å²) >= 11 is 1.20. The predicted molar refractivity (Wildman–Crippen MR) is 86.7 cm³/mol. The largest absolute Gasteiger partial charge is 0.417 e. The van der Waals surface area contributed by atoms with Gasteiger partial charge in [0.25, 0.3) is 5.91 Å². The Morgan fingerprint density at radius 1 is 1.42 bits per heavy atom. The maximum absolute atomic E-state index is 13.1. The Labute approximate surface area is 141 Å². The Kier molecular flexibility index (Phi) is 4.92. The summed E-state index contributed by atoms with van der Waals surface area (Å²) in [7, 11) is 0. The average Bonchev–Trinajstić information content (AvgIpc) is 2.73. The molecule has 0 saturated heterocycles. The molecule has 1 aromatic carbocycles. The second-order valence-corrected chi connectivity index (χ2v) is 6.63. The SMILES string of the molecule is CC1(C)N=C(SCCN)N(c2ccc(C#N)c(C(F)(F)F)c2)C1=O. The Hall–Kier alpha value is -2.05. The van der Waals surface area contributed by atoms with Crippen LogP contribution in [0.1, 0.15) is 25.0 Å². The van der Waals surface area contributed by atoms with Gasteiger partial charge in [0.1, 0.15) is 5.54 Å². The van der Waals surface area contributed by atoms with Gasteiger partial charge >= 0.3 is 6.18 Å². The van der Waals surface area contributed by atoms with Gasteiger partial charge in [-0.05, 0) is 32.0 Å². The maximum Gasteiger partial charge on any atom is 0.417 e. The van der Waals surface area contributed by atoms with Gasteiger partial charge in [0.15, 0.2) is 5.17 Å². The molecule has 0 unspecified atom stereocenters. The summed E-state index contributed by atoms with van der Waals surface area (Å²) in [6.07, 6.45) is -4.69. The van der Waals surface area contributed by atoms with Crippen LogP contribution in [0.2, 0.25) is 0 Å². The summed E-state index contributed by atoms with van der Waals surface area (Å²) in [6, 6.07) is 4.69. The predicted octanol–water partition coefficient (Wildman–Crippen LogP) is 2.75. The van der Waals surface area contributed by atoms with Crippen molar-refractivity contribution in [1.82, 2.24) is 0 Å². The summed E-state index contributed by atoms with van der Waals surface area (Å²) in [6.45, 7) is 3.52. The van der Waals surface area contributed by atoms with Crippen LogP contribution in [0.25, 0.3) is 0 Å². The van der Waals surface area contributed by atoms with E-state index < -0.39 is 28.7 Å². The van der Waals surface area contributed by atoms with Crippen LogP contribution < -0.4 is 10.6 Å². The zero-order valence-electron chi connectivity index (χ0n) is 13.0. The first kappa shape index (κ1) is 18.3. The molecule has 1 aliphatic heterocycles. The number of carbonyl (C=O) groups is 1. The molecule has 0 bridgehead atoms. The topological polar surface area (TPSA) is 82.5 Å². The summed E-state index contributed by atoms with van der Waals surface area (Å²) in [5.41, 5.74) is 2.83. The molecule has 0 aromatic heterocycles. The first-order valence-corrected chi connectivity index (χ1v) is 7.99. The van der Waals surface area contributed by atoms with Gasteiger partial charge in [-0.1, -0.05) is 11.8 Å². The number of amides is 1. The monoisotopic (exact) mass is 356 g/mol. The number of anilines is 1. The van der Waals surface area contributed by atoms with Crippen molar-refractivity contribution in [3.05, 3.63) is 29.3 Å². The Bertz CT molecular complexity index is 737. The first-order chi connectivity index (χ1) is 11.1. The normalized spacial score (nSPS) is 17.0. The Morgan fingerprint density at radius 3 is 2.62 bits per heavy atom. The molecule has 1 heterocycles. The molecule has 0 spiro atoms. The number of hydrogen-bond acceptors (Lipinski definition) is 5. The highest BCUT2D eigenvalue weighted by molar-refractivity contribution is 8.14. The van der Waals surface area contributed by atoms with Crippen molar-refractivity contribution >= 4 is 28.5 Å². The van der Waals surface area contributed by atoms with Crippen molar-refractivity contribution in [2.45, 2.75) is 25.6 Å². The molecule has 128 valence electrons. The van der Waals surface area contributed by atoms with Crippen LogP contribution in [0.15, 0.2) is 23.2 Å². The fourth-order valence-corrected chi connectivity index (χ4v) is 3.09. The van der Waals surface area contributed by atoms with Crippen LogP contribution in [0, 0.1) is 11.3 Å². The van der Waals surface area contributed by atoms with E-state index in [9.17, 15) is 18.0 Å². The lowest BCUT2D eigenvalue weighted by atomic mass is 10.0. The molecule has 0 radical (unpaired) electrons. The number of halogens is 3. The summed E-state index contributed by atoms with van der Waals surface area (Å²) < 4.78 is 39.4. The number of thioether (sulfide) groups is 1. The number of nitriles is 1. The molecule has 0 atom stereocenters. The fourth-order valence-electron chi connectivity index (χ4n) is 2.18. The van der Waals surface area contributed by atoms with E-state index in [0.29, 0.717) is 17.5 Å². The summed E-state index contributed by atoms with van der Waals surface area (Å²) in [4.78, 5) is 18.0. The third-order valence-electron chi connectivity index (χ3n) is 3.33. The molecule has 1 amide bonds. The molecule has 0 saturated carbocycles. The van der Waals surface area contributed by atoms with Gasteiger partial charge in [-0.25, -0.2) is 4.99 Å². The number of benzene rings is 1. The van der Waals surface area contributed by atoms with Crippen LogP contribution in [0.5, 0.6) is 0 Å². The zero-order valence-corrected chi connectivity index (χ0v) is 13.8. The Balaban J connectivity index is 2.52. The van der Waals surface area contributed by atoms with Crippen molar-refractivity contribution < 1.29 is 18.0 Å². The lowest BCUT2D eigenvalue weighted by Gasteiger charge is -2.22. The van der Waals surface area contributed by atoms with Gasteiger partial charge in [0.2, 0.25) is 0 Å². The third-order valence-corrected chi connectivity index (χ3v) is 4.30. The molecule has 1 aromatic rings. The van der Waals surface area contributed by atoms with E-state index in [1.54, 1.807) is 13.8 Å². The van der Waals surface area contributed by atoms with Crippen LogP contribution in [-0.4, -0.2) is 28.9 Å². The number of amidine groups is 1. The highest BCUT2D eigenvalue weighted by Gasteiger charge is 2.43. The van der Waals surface area contributed by atoms with E-state index >= 15 is 0 Å². The molecule has 0 fully saturated rings. The van der Waals surface area contributed by atoms with E-state index in [1.807, 2.05) is 0 Å².